The molecule has 0 saturated carbocycles. The van der Waals surface area contributed by atoms with Gasteiger partial charge < -0.3 is 42.1 Å². The number of aliphatic carboxylic acids is 2. The minimum atomic E-state index is -1.55. The predicted octanol–water partition coefficient (Wildman–Crippen LogP) is -1.59. The lowest BCUT2D eigenvalue weighted by atomic mass is 10.0. The van der Waals surface area contributed by atoms with Gasteiger partial charge in [0.25, 0.3) is 0 Å². The molecule has 36 heavy (non-hydrogen) atoms. The van der Waals surface area contributed by atoms with Crippen molar-refractivity contribution in [2.75, 3.05) is 12.0 Å². The van der Waals surface area contributed by atoms with Crippen LogP contribution in [0.15, 0.2) is 24.3 Å². The van der Waals surface area contributed by atoms with Crippen LogP contribution in [0.5, 0.6) is 5.75 Å². The number of benzene rings is 1. The second-order valence-electron chi connectivity index (χ2n) is 8.04. The van der Waals surface area contributed by atoms with E-state index in [0.29, 0.717) is 11.3 Å². The van der Waals surface area contributed by atoms with E-state index < -0.39 is 66.4 Å². The third kappa shape index (κ3) is 10.5. The van der Waals surface area contributed by atoms with Crippen molar-refractivity contribution in [1.29, 1.82) is 0 Å². The summed E-state index contributed by atoms with van der Waals surface area (Å²) in [6, 6.07) is 0.228. The highest BCUT2D eigenvalue weighted by atomic mass is 32.2. The number of phenolic OH excluding ortho intramolecular Hbond substituents is 1. The van der Waals surface area contributed by atoms with E-state index in [9.17, 15) is 39.3 Å². The molecule has 5 atom stereocenters. The summed E-state index contributed by atoms with van der Waals surface area (Å²) in [7, 11) is 0. The zero-order valence-electron chi connectivity index (χ0n) is 19.8. The Kier molecular flexibility index (Phi) is 12.7. The van der Waals surface area contributed by atoms with Gasteiger partial charge in [0.1, 0.15) is 23.9 Å². The number of carboxylic acids is 2. The number of aliphatic hydroxyl groups is 1. The van der Waals surface area contributed by atoms with Gasteiger partial charge in [-0.25, -0.2) is 4.79 Å². The molecule has 0 radical (unpaired) electrons. The van der Waals surface area contributed by atoms with Gasteiger partial charge in [-0.1, -0.05) is 12.1 Å². The molecule has 13 nitrogen and oxygen atoms in total. The summed E-state index contributed by atoms with van der Waals surface area (Å²) in [5.74, 6) is -4.93. The molecule has 200 valence electrons. The number of carbonyl (C=O) groups excluding carboxylic acids is 3. The molecule has 0 aliphatic carbocycles. The summed E-state index contributed by atoms with van der Waals surface area (Å²) < 4.78 is 0. The highest BCUT2D eigenvalue weighted by Gasteiger charge is 2.32. The maximum atomic E-state index is 12.9. The molecular weight excluding hydrogens is 496 g/mol. The summed E-state index contributed by atoms with van der Waals surface area (Å²) >= 11 is 1.38. The Morgan fingerprint density at radius 3 is 2.03 bits per heavy atom. The molecule has 0 fully saturated rings. The number of nitrogens with two attached hydrogens (primary N) is 1. The van der Waals surface area contributed by atoms with Gasteiger partial charge in [-0.3, -0.25) is 19.2 Å². The van der Waals surface area contributed by atoms with Gasteiger partial charge >= 0.3 is 11.9 Å². The molecule has 0 bridgehead atoms. The van der Waals surface area contributed by atoms with Crippen LogP contribution in [0, 0.1) is 0 Å². The van der Waals surface area contributed by atoms with E-state index in [0.717, 1.165) is 0 Å². The minimum absolute atomic E-state index is 0.00169. The van der Waals surface area contributed by atoms with Crippen molar-refractivity contribution in [3.8, 4) is 5.75 Å². The summed E-state index contributed by atoms with van der Waals surface area (Å²) in [5.41, 5.74) is 6.04. The fourth-order valence-corrected chi connectivity index (χ4v) is 3.52. The lowest BCUT2D eigenvalue weighted by molar-refractivity contribution is -0.142. The number of hydrogen-bond acceptors (Lipinski definition) is 9. The Bertz CT molecular complexity index is 927. The van der Waals surface area contributed by atoms with E-state index in [1.54, 1.807) is 6.26 Å². The number of amides is 3. The first-order valence-corrected chi connectivity index (χ1v) is 12.3. The van der Waals surface area contributed by atoms with Gasteiger partial charge in [-0.2, -0.15) is 11.8 Å². The van der Waals surface area contributed by atoms with Crippen LogP contribution in [0.3, 0.4) is 0 Å². The monoisotopic (exact) mass is 528 g/mol. The topological polar surface area (TPSA) is 228 Å². The number of nitrogens with one attached hydrogen (secondary N) is 3. The summed E-state index contributed by atoms with van der Waals surface area (Å²) in [6.45, 7) is 1.21. The van der Waals surface area contributed by atoms with E-state index in [1.165, 1.54) is 43.0 Å². The molecule has 1 aromatic carbocycles. The van der Waals surface area contributed by atoms with E-state index in [1.807, 2.05) is 0 Å². The first kappa shape index (κ1) is 30.7. The van der Waals surface area contributed by atoms with Crippen LogP contribution < -0.4 is 21.7 Å². The van der Waals surface area contributed by atoms with Crippen molar-refractivity contribution in [3.05, 3.63) is 29.8 Å². The fourth-order valence-electron chi connectivity index (χ4n) is 3.05. The molecule has 0 heterocycles. The lowest BCUT2D eigenvalue weighted by Gasteiger charge is -2.26. The fraction of sp³-hybridized carbons (Fsp3) is 0.500. The molecule has 14 heteroatoms. The number of thioether (sulfide) groups is 1. The van der Waals surface area contributed by atoms with Crippen LogP contribution in [0.25, 0.3) is 0 Å². The average Bonchev–Trinajstić information content (AvgIpc) is 2.79. The molecule has 0 aliphatic rings. The molecule has 1 rings (SSSR count). The maximum absolute atomic E-state index is 12.9. The van der Waals surface area contributed by atoms with Gasteiger partial charge in [-0.15, -0.1) is 0 Å². The number of phenols is 1. The van der Waals surface area contributed by atoms with Crippen molar-refractivity contribution >= 4 is 41.4 Å². The third-order valence-electron chi connectivity index (χ3n) is 5.03. The van der Waals surface area contributed by atoms with Crippen molar-refractivity contribution in [3.63, 3.8) is 0 Å². The molecular formula is C22H32N4O9S. The van der Waals surface area contributed by atoms with Crippen LogP contribution in [-0.4, -0.2) is 92.4 Å². The average molecular weight is 529 g/mol. The molecule has 0 spiro atoms. The van der Waals surface area contributed by atoms with Crippen molar-refractivity contribution in [2.24, 2.45) is 5.73 Å². The van der Waals surface area contributed by atoms with E-state index in [2.05, 4.69) is 16.0 Å². The Morgan fingerprint density at radius 2 is 1.53 bits per heavy atom. The van der Waals surface area contributed by atoms with Gasteiger partial charge in [0.15, 0.2) is 0 Å². The molecule has 5 unspecified atom stereocenters. The van der Waals surface area contributed by atoms with E-state index in [4.69, 9.17) is 10.8 Å². The van der Waals surface area contributed by atoms with E-state index in [-0.39, 0.29) is 18.6 Å². The number of hydrogen-bond donors (Lipinski definition) is 8. The molecule has 0 saturated heterocycles. The van der Waals surface area contributed by atoms with Crippen LogP contribution in [0.4, 0.5) is 0 Å². The first-order chi connectivity index (χ1) is 16.8. The largest absolute Gasteiger partial charge is 0.508 e. The molecule has 0 aliphatic heterocycles. The molecule has 1 aromatic rings. The Hall–Kier alpha value is -3.36. The highest BCUT2D eigenvalue weighted by Crippen LogP contribution is 2.12. The normalized spacial score (nSPS) is 15.0. The van der Waals surface area contributed by atoms with Crippen LogP contribution in [0.2, 0.25) is 0 Å². The van der Waals surface area contributed by atoms with Crippen LogP contribution in [-0.2, 0) is 30.4 Å². The van der Waals surface area contributed by atoms with Gasteiger partial charge in [0.05, 0.1) is 18.6 Å². The summed E-state index contributed by atoms with van der Waals surface area (Å²) in [4.78, 5) is 60.4. The van der Waals surface area contributed by atoms with Gasteiger partial charge in [0.2, 0.25) is 17.7 Å². The SMILES string of the molecule is CSCCC(NC(=O)C(NC(=O)C(N)CC(=O)O)C(C)O)C(=O)NC(Cc1ccc(O)cc1)C(=O)O. The molecule has 9 N–H and O–H groups in total. The molecule has 0 aromatic heterocycles. The quantitative estimate of drug-likeness (QED) is 0.129. The number of rotatable bonds is 15. The second-order valence-corrected chi connectivity index (χ2v) is 9.03. The second kappa shape index (κ2) is 14.9. The number of carboxylic acid groups (broad SMARTS) is 2. The third-order valence-corrected chi connectivity index (χ3v) is 5.67. The van der Waals surface area contributed by atoms with Crippen molar-refractivity contribution in [2.45, 2.75) is 56.5 Å². The zero-order valence-corrected chi connectivity index (χ0v) is 20.7. The minimum Gasteiger partial charge on any atom is -0.508 e. The Labute approximate surface area is 211 Å². The van der Waals surface area contributed by atoms with Crippen LogP contribution >= 0.6 is 11.8 Å². The standard InChI is InChI=1S/C22H32N4O9S/c1-11(27)18(26-19(31)14(23)10-17(29)30)21(33)24-15(7-8-36-2)20(32)25-16(22(34)35)9-12-3-5-13(28)6-4-12/h3-6,11,14-16,18,27-28H,7-10,23H2,1-2H3,(H,24,33)(H,25,32)(H,26,31)(H,29,30)(H,34,35). The van der Waals surface area contributed by atoms with Crippen LogP contribution in [0.1, 0.15) is 25.3 Å². The number of carbonyl (C=O) groups is 5. The summed E-state index contributed by atoms with van der Waals surface area (Å²) in [6.07, 6.45) is -0.320. The maximum Gasteiger partial charge on any atom is 0.326 e. The zero-order chi connectivity index (χ0) is 27.4. The highest BCUT2D eigenvalue weighted by molar-refractivity contribution is 7.98. The lowest BCUT2D eigenvalue weighted by Crippen LogP contribution is -2.60. The summed E-state index contributed by atoms with van der Waals surface area (Å²) in [5, 5.41) is 44.7. The number of aliphatic hydroxyl groups excluding tert-OH is 1. The smallest absolute Gasteiger partial charge is 0.326 e. The predicted molar refractivity (Wildman–Crippen MR) is 130 cm³/mol. The van der Waals surface area contributed by atoms with E-state index >= 15 is 0 Å². The Balaban J connectivity index is 2.97. The Morgan fingerprint density at radius 1 is 0.944 bits per heavy atom. The number of aromatic hydroxyl groups is 1. The van der Waals surface area contributed by atoms with Gasteiger partial charge in [-0.05, 0) is 43.0 Å². The molecule has 3 amide bonds. The van der Waals surface area contributed by atoms with Crippen molar-refractivity contribution in [1.82, 2.24) is 16.0 Å². The van der Waals surface area contributed by atoms with Gasteiger partial charge in [0, 0.05) is 6.42 Å². The van der Waals surface area contributed by atoms with Crippen molar-refractivity contribution < 1.29 is 44.4 Å². The first-order valence-electron chi connectivity index (χ1n) is 10.9.